The minimum atomic E-state index is -0.0713. The van der Waals surface area contributed by atoms with E-state index in [4.69, 9.17) is 4.74 Å². The Morgan fingerprint density at radius 2 is 1.75 bits per heavy atom. The molecular weight excluding hydrogens is 372 g/mol. The van der Waals surface area contributed by atoms with Crippen molar-refractivity contribution in [2.24, 2.45) is 0 Å². The summed E-state index contributed by atoms with van der Waals surface area (Å²) in [5.74, 6) is 1.24. The Labute approximate surface area is 169 Å². The van der Waals surface area contributed by atoms with Gasteiger partial charge in [-0.25, -0.2) is 9.97 Å². The van der Waals surface area contributed by atoms with Gasteiger partial charge in [-0.15, -0.1) is 0 Å². The van der Waals surface area contributed by atoms with Crippen LogP contribution in [0.2, 0.25) is 0 Å². The van der Waals surface area contributed by atoms with Crippen LogP contribution < -0.4 is 15.0 Å². The second kappa shape index (κ2) is 9.75. The molecule has 0 unspecified atom stereocenters. The van der Waals surface area contributed by atoms with E-state index in [0.717, 1.165) is 11.3 Å². The lowest BCUT2D eigenvalue weighted by atomic mass is 10.2. The summed E-state index contributed by atoms with van der Waals surface area (Å²) in [7, 11) is 3.99. The number of carbonyl (C=O) groups is 1. The largest absolute Gasteiger partial charge is 0.437 e. The molecule has 0 aliphatic heterocycles. The summed E-state index contributed by atoms with van der Waals surface area (Å²) in [5.41, 5.74) is 2.18. The molecule has 0 radical (unpaired) electrons. The average molecular weight is 395 g/mol. The monoisotopic (exact) mass is 394 g/mol. The Morgan fingerprint density at radius 1 is 1.04 bits per heavy atom. The Morgan fingerprint density at radius 3 is 2.46 bits per heavy atom. The summed E-state index contributed by atoms with van der Waals surface area (Å²) < 4.78 is 5.77. The normalized spacial score (nSPS) is 10.4. The van der Waals surface area contributed by atoms with Crippen molar-refractivity contribution < 1.29 is 9.53 Å². The van der Waals surface area contributed by atoms with Gasteiger partial charge in [-0.3, -0.25) is 4.79 Å². The van der Waals surface area contributed by atoms with E-state index in [-0.39, 0.29) is 11.7 Å². The van der Waals surface area contributed by atoms with Crippen LogP contribution in [0.4, 0.5) is 5.69 Å². The Bertz CT molecular complexity index is 902. The van der Waals surface area contributed by atoms with Crippen molar-refractivity contribution in [1.29, 1.82) is 0 Å². The highest BCUT2D eigenvalue weighted by Gasteiger charge is 2.11. The van der Waals surface area contributed by atoms with Gasteiger partial charge in [0.25, 0.3) is 5.88 Å². The minimum absolute atomic E-state index is 0.0713. The number of carbonyl (C=O) groups excluding carboxylic acids is 1. The third-order valence-corrected chi connectivity index (χ3v) is 4.83. The van der Waals surface area contributed by atoms with Crippen LogP contribution in [0.15, 0.2) is 72.0 Å². The van der Waals surface area contributed by atoms with Crippen molar-refractivity contribution >= 4 is 23.4 Å². The van der Waals surface area contributed by atoms with E-state index in [0.29, 0.717) is 23.2 Å². The van der Waals surface area contributed by atoms with E-state index in [9.17, 15) is 4.79 Å². The molecule has 144 valence electrons. The smallest absolute Gasteiger partial charge is 0.252 e. The number of hydrogen-bond acceptors (Lipinski definition) is 6. The molecule has 0 fully saturated rings. The third-order valence-electron chi connectivity index (χ3n) is 3.87. The SMILES string of the molecule is CN(C)c1ccc(CNC(=O)CSc2nccnc2Oc2ccccc2)cc1. The average Bonchev–Trinajstić information content (AvgIpc) is 2.72. The summed E-state index contributed by atoms with van der Waals surface area (Å²) in [6, 6.07) is 17.5. The van der Waals surface area contributed by atoms with E-state index in [1.54, 1.807) is 12.4 Å². The van der Waals surface area contributed by atoms with Crippen molar-refractivity contribution in [2.75, 3.05) is 24.7 Å². The van der Waals surface area contributed by atoms with Crippen LogP contribution in [0.25, 0.3) is 0 Å². The van der Waals surface area contributed by atoms with E-state index in [1.807, 2.05) is 73.6 Å². The van der Waals surface area contributed by atoms with Gasteiger partial charge in [0.05, 0.1) is 5.75 Å². The van der Waals surface area contributed by atoms with Gasteiger partial charge in [0, 0.05) is 38.7 Å². The molecule has 1 N–H and O–H groups in total. The van der Waals surface area contributed by atoms with Crippen LogP contribution in [0.3, 0.4) is 0 Å². The van der Waals surface area contributed by atoms with Gasteiger partial charge in [0.15, 0.2) is 5.03 Å². The van der Waals surface area contributed by atoms with Gasteiger partial charge >= 0.3 is 0 Å². The number of ether oxygens (including phenoxy) is 1. The molecule has 0 saturated carbocycles. The van der Waals surface area contributed by atoms with Gasteiger partial charge in [-0.05, 0) is 29.8 Å². The molecule has 1 heterocycles. The molecule has 28 heavy (non-hydrogen) atoms. The highest BCUT2D eigenvalue weighted by Crippen LogP contribution is 2.28. The van der Waals surface area contributed by atoms with Gasteiger partial charge in [-0.1, -0.05) is 42.1 Å². The first-order valence-corrected chi connectivity index (χ1v) is 9.80. The van der Waals surface area contributed by atoms with Gasteiger partial charge in [0.2, 0.25) is 5.91 Å². The second-order valence-electron chi connectivity index (χ2n) is 6.21. The molecule has 1 aromatic heterocycles. The van der Waals surface area contributed by atoms with Crippen LogP contribution in [-0.2, 0) is 11.3 Å². The molecule has 1 amide bonds. The Hall–Kier alpha value is -3.06. The van der Waals surface area contributed by atoms with Gasteiger partial charge < -0.3 is 15.0 Å². The molecule has 0 saturated heterocycles. The minimum Gasteiger partial charge on any atom is -0.437 e. The van der Waals surface area contributed by atoms with Crippen molar-refractivity contribution in [3.8, 4) is 11.6 Å². The van der Waals surface area contributed by atoms with Crippen molar-refractivity contribution in [2.45, 2.75) is 11.6 Å². The Kier molecular flexibility index (Phi) is 6.86. The maximum atomic E-state index is 12.2. The number of nitrogens with one attached hydrogen (secondary N) is 1. The lowest BCUT2D eigenvalue weighted by molar-refractivity contribution is -0.118. The lowest BCUT2D eigenvalue weighted by Gasteiger charge is -2.13. The topological polar surface area (TPSA) is 67.4 Å². The van der Waals surface area contributed by atoms with Crippen molar-refractivity contribution in [1.82, 2.24) is 15.3 Å². The number of benzene rings is 2. The first kappa shape index (κ1) is 19.7. The number of anilines is 1. The Balaban J connectivity index is 1.52. The summed E-state index contributed by atoms with van der Waals surface area (Å²) in [5, 5.41) is 3.51. The number of aromatic nitrogens is 2. The van der Waals surface area contributed by atoms with Crippen LogP contribution in [0.5, 0.6) is 11.6 Å². The quantitative estimate of drug-likeness (QED) is 0.587. The summed E-state index contributed by atoms with van der Waals surface area (Å²) >= 11 is 1.30. The molecule has 0 bridgehead atoms. The number of para-hydroxylation sites is 1. The van der Waals surface area contributed by atoms with Crippen molar-refractivity contribution in [3.63, 3.8) is 0 Å². The first-order valence-electron chi connectivity index (χ1n) is 8.81. The summed E-state index contributed by atoms with van der Waals surface area (Å²) in [6.45, 7) is 0.487. The first-order chi connectivity index (χ1) is 13.6. The van der Waals surface area contributed by atoms with Crippen LogP contribution >= 0.6 is 11.8 Å². The standard InChI is InChI=1S/C21H22N4O2S/c1-25(2)17-10-8-16(9-11-17)14-24-19(26)15-28-21-20(22-12-13-23-21)27-18-6-4-3-5-7-18/h3-13H,14-15H2,1-2H3,(H,24,26). The number of hydrogen-bond donors (Lipinski definition) is 1. The zero-order chi connectivity index (χ0) is 19.8. The fourth-order valence-corrected chi connectivity index (χ4v) is 3.10. The van der Waals surface area contributed by atoms with Crippen LogP contribution in [0.1, 0.15) is 5.56 Å². The molecule has 2 aromatic carbocycles. The molecular formula is C21H22N4O2S. The van der Waals surface area contributed by atoms with Crippen LogP contribution in [0, 0.1) is 0 Å². The van der Waals surface area contributed by atoms with E-state index in [1.165, 1.54) is 11.8 Å². The molecule has 6 nitrogen and oxygen atoms in total. The second-order valence-corrected chi connectivity index (χ2v) is 7.17. The number of nitrogens with zero attached hydrogens (tertiary/aromatic N) is 3. The molecule has 0 aliphatic carbocycles. The molecule has 3 rings (SSSR count). The van der Waals surface area contributed by atoms with Crippen molar-refractivity contribution in [3.05, 3.63) is 72.6 Å². The van der Waals surface area contributed by atoms with E-state index in [2.05, 4.69) is 15.3 Å². The predicted molar refractivity (Wildman–Crippen MR) is 112 cm³/mol. The molecule has 0 aliphatic rings. The number of amides is 1. The molecule has 0 atom stereocenters. The maximum Gasteiger partial charge on any atom is 0.252 e. The highest BCUT2D eigenvalue weighted by atomic mass is 32.2. The predicted octanol–water partition coefficient (Wildman–Crippen LogP) is 3.74. The third kappa shape index (κ3) is 5.72. The maximum absolute atomic E-state index is 12.2. The molecule has 0 spiro atoms. The fourth-order valence-electron chi connectivity index (χ4n) is 2.38. The summed E-state index contributed by atoms with van der Waals surface area (Å²) in [6.07, 6.45) is 3.16. The number of thioether (sulfide) groups is 1. The van der Waals surface area contributed by atoms with Crippen LogP contribution in [-0.4, -0.2) is 35.7 Å². The molecule has 7 heteroatoms. The highest BCUT2D eigenvalue weighted by molar-refractivity contribution is 8.00. The number of rotatable bonds is 8. The van der Waals surface area contributed by atoms with Gasteiger partial charge in [0.1, 0.15) is 5.75 Å². The van der Waals surface area contributed by atoms with E-state index < -0.39 is 0 Å². The van der Waals surface area contributed by atoms with Gasteiger partial charge in [-0.2, -0.15) is 0 Å². The summed E-state index contributed by atoms with van der Waals surface area (Å²) in [4.78, 5) is 22.8. The zero-order valence-corrected chi connectivity index (χ0v) is 16.6. The molecule has 3 aromatic rings. The zero-order valence-electron chi connectivity index (χ0n) is 15.8. The lowest BCUT2D eigenvalue weighted by Crippen LogP contribution is -2.24. The van der Waals surface area contributed by atoms with E-state index >= 15 is 0 Å². The fraction of sp³-hybridized carbons (Fsp3) is 0.190.